The molecule has 4 heteroatoms. The van der Waals surface area contributed by atoms with E-state index in [1.54, 1.807) is 0 Å². The third-order valence-corrected chi connectivity index (χ3v) is 8.48. The van der Waals surface area contributed by atoms with E-state index in [2.05, 4.69) is 41.5 Å². The van der Waals surface area contributed by atoms with E-state index >= 15 is 0 Å². The minimum Gasteiger partial charge on any atom is -0.466 e. The van der Waals surface area contributed by atoms with Crippen LogP contribution in [0.4, 0.5) is 0 Å². The summed E-state index contributed by atoms with van der Waals surface area (Å²) < 4.78 is 11.0. The van der Waals surface area contributed by atoms with Gasteiger partial charge in [0.25, 0.3) is 0 Å². The van der Waals surface area contributed by atoms with Gasteiger partial charge in [-0.25, -0.2) is 0 Å². The first-order valence-corrected chi connectivity index (χ1v) is 17.7. The van der Waals surface area contributed by atoms with E-state index in [9.17, 15) is 9.59 Å². The van der Waals surface area contributed by atoms with Crippen LogP contribution < -0.4 is 0 Å². The quantitative estimate of drug-likeness (QED) is 0.0667. The minimum atomic E-state index is -0.00774. The highest BCUT2D eigenvalue weighted by atomic mass is 16.5. The summed E-state index contributed by atoms with van der Waals surface area (Å²) in [5.41, 5.74) is 0. The van der Waals surface area contributed by atoms with Gasteiger partial charge in [0.05, 0.1) is 19.1 Å². The van der Waals surface area contributed by atoms with Crippen LogP contribution in [0.2, 0.25) is 0 Å². The normalized spacial score (nSPS) is 13.1. The van der Waals surface area contributed by atoms with Crippen molar-refractivity contribution in [2.75, 3.05) is 13.2 Å². The number of ether oxygens (including phenoxy) is 2. The minimum absolute atomic E-state index is 0.00774. The zero-order valence-electron chi connectivity index (χ0n) is 27.9. The molecule has 4 nitrogen and oxygen atoms in total. The monoisotopic (exact) mass is 567 g/mol. The highest BCUT2D eigenvalue weighted by Crippen LogP contribution is 2.33. The molecular weight excluding hydrogens is 496 g/mol. The largest absolute Gasteiger partial charge is 0.466 e. The van der Waals surface area contributed by atoms with Crippen LogP contribution in [0.15, 0.2) is 0 Å². The third-order valence-electron chi connectivity index (χ3n) is 8.48. The molecule has 0 aromatic carbocycles. The number of rotatable bonds is 29. The average Bonchev–Trinajstić information content (AvgIpc) is 2.91. The summed E-state index contributed by atoms with van der Waals surface area (Å²) >= 11 is 0. The Kier molecular flexibility index (Phi) is 27.3. The fourth-order valence-corrected chi connectivity index (χ4v) is 5.87. The Morgan fingerprint density at radius 3 is 1.38 bits per heavy atom. The molecule has 0 fully saturated rings. The first-order chi connectivity index (χ1) is 19.3. The Bertz CT molecular complexity index is 571. The first kappa shape index (κ1) is 38.9. The van der Waals surface area contributed by atoms with Crippen LogP contribution in [0, 0.1) is 23.7 Å². The molecule has 0 aliphatic carbocycles. The smallest absolute Gasteiger partial charge is 0.309 e. The number of hydrogen-bond acceptors (Lipinski definition) is 4. The van der Waals surface area contributed by atoms with Crippen molar-refractivity contribution in [1.29, 1.82) is 0 Å². The summed E-state index contributed by atoms with van der Waals surface area (Å²) in [6.45, 7) is 14.5. The SMILES string of the molecule is CCCCCCOC(=O)CCCCCCCCCCCCCCC(C(C)C)C(C(=O)OCCCCCC)C(C)C. The van der Waals surface area contributed by atoms with E-state index in [1.165, 1.54) is 96.3 Å². The van der Waals surface area contributed by atoms with Gasteiger partial charge >= 0.3 is 11.9 Å². The maximum atomic E-state index is 12.9. The van der Waals surface area contributed by atoms with Gasteiger partial charge in [0, 0.05) is 6.42 Å². The summed E-state index contributed by atoms with van der Waals surface area (Å²) in [5.74, 6) is 1.32. The molecule has 238 valence electrons. The van der Waals surface area contributed by atoms with Gasteiger partial charge < -0.3 is 9.47 Å². The van der Waals surface area contributed by atoms with E-state index in [-0.39, 0.29) is 17.9 Å². The van der Waals surface area contributed by atoms with Crippen molar-refractivity contribution in [1.82, 2.24) is 0 Å². The maximum absolute atomic E-state index is 12.9. The highest BCUT2D eigenvalue weighted by molar-refractivity contribution is 5.73. The van der Waals surface area contributed by atoms with Crippen molar-refractivity contribution in [2.45, 2.75) is 183 Å². The van der Waals surface area contributed by atoms with Gasteiger partial charge in [0.15, 0.2) is 0 Å². The molecule has 0 amide bonds. The van der Waals surface area contributed by atoms with Gasteiger partial charge in [-0.05, 0) is 43.4 Å². The molecule has 2 atom stereocenters. The van der Waals surface area contributed by atoms with E-state index < -0.39 is 0 Å². The molecule has 2 unspecified atom stereocenters. The van der Waals surface area contributed by atoms with Crippen LogP contribution in [-0.2, 0) is 19.1 Å². The molecule has 0 N–H and O–H groups in total. The molecule has 0 rings (SSSR count). The summed E-state index contributed by atoms with van der Waals surface area (Å²) in [4.78, 5) is 24.7. The van der Waals surface area contributed by atoms with E-state index in [0.717, 1.165) is 38.5 Å². The molecule has 0 aromatic rings. The Labute approximate surface area is 250 Å². The molecule has 0 radical (unpaired) electrons. The van der Waals surface area contributed by atoms with Gasteiger partial charge in [0.1, 0.15) is 0 Å². The lowest BCUT2D eigenvalue weighted by molar-refractivity contribution is -0.153. The Balaban J connectivity index is 3.81. The van der Waals surface area contributed by atoms with Crippen LogP contribution in [0.3, 0.4) is 0 Å². The number of hydrogen-bond donors (Lipinski definition) is 0. The van der Waals surface area contributed by atoms with Crippen molar-refractivity contribution >= 4 is 11.9 Å². The van der Waals surface area contributed by atoms with Gasteiger partial charge in [-0.2, -0.15) is 0 Å². The van der Waals surface area contributed by atoms with Crippen molar-refractivity contribution in [3.63, 3.8) is 0 Å². The fourth-order valence-electron chi connectivity index (χ4n) is 5.87. The Morgan fingerprint density at radius 2 is 0.925 bits per heavy atom. The zero-order chi connectivity index (χ0) is 29.8. The molecule has 0 bridgehead atoms. The molecule has 0 aliphatic heterocycles. The summed E-state index contributed by atoms with van der Waals surface area (Å²) in [6.07, 6.45) is 26.1. The van der Waals surface area contributed by atoms with Crippen molar-refractivity contribution in [3.8, 4) is 0 Å². The molecule has 0 spiro atoms. The second kappa shape index (κ2) is 28.1. The first-order valence-electron chi connectivity index (χ1n) is 17.7. The topological polar surface area (TPSA) is 52.6 Å². The van der Waals surface area contributed by atoms with Crippen LogP contribution in [0.1, 0.15) is 183 Å². The number of carbonyl (C=O) groups is 2. The average molecular weight is 567 g/mol. The Hall–Kier alpha value is -1.06. The number of carbonyl (C=O) groups excluding carboxylic acids is 2. The molecule has 0 heterocycles. The van der Waals surface area contributed by atoms with Gasteiger partial charge in [-0.3, -0.25) is 9.59 Å². The van der Waals surface area contributed by atoms with E-state index in [1.807, 2.05) is 0 Å². The summed E-state index contributed by atoms with van der Waals surface area (Å²) in [6, 6.07) is 0. The summed E-state index contributed by atoms with van der Waals surface area (Å²) in [5, 5.41) is 0. The lowest BCUT2D eigenvalue weighted by Gasteiger charge is -2.31. The highest BCUT2D eigenvalue weighted by Gasteiger charge is 2.33. The molecule has 0 aromatic heterocycles. The molecular formula is C36H70O4. The number of esters is 2. The zero-order valence-corrected chi connectivity index (χ0v) is 27.9. The van der Waals surface area contributed by atoms with Crippen molar-refractivity contribution in [3.05, 3.63) is 0 Å². The van der Waals surface area contributed by atoms with Gasteiger partial charge in [0.2, 0.25) is 0 Å². The lowest BCUT2D eigenvalue weighted by atomic mass is 9.74. The van der Waals surface area contributed by atoms with Crippen LogP contribution >= 0.6 is 0 Å². The molecule has 0 saturated heterocycles. The maximum Gasteiger partial charge on any atom is 0.309 e. The lowest BCUT2D eigenvalue weighted by Crippen LogP contribution is -2.33. The standard InChI is InChI=1S/C36H70O4/c1-7-9-11-25-29-39-34(37)28-24-22-20-18-16-14-13-15-17-19-21-23-27-33(31(3)4)35(32(5)6)36(38)40-30-26-12-10-8-2/h31-33,35H,7-30H2,1-6H3. The third kappa shape index (κ3) is 22.6. The van der Waals surface area contributed by atoms with Gasteiger partial charge in [-0.15, -0.1) is 0 Å². The molecule has 0 aliphatic rings. The van der Waals surface area contributed by atoms with E-state index in [4.69, 9.17) is 9.47 Å². The van der Waals surface area contributed by atoms with Crippen LogP contribution in [0.25, 0.3) is 0 Å². The Morgan fingerprint density at radius 1 is 0.500 bits per heavy atom. The van der Waals surface area contributed by atoms with Crippen molar-refractivity contribution in [2.24, 2.45) is 23.7 Å². The fraction of sp³-hybridized carbons (Fsp3) is 0.944. The second-order valence-corrected chi connectivity index (χ2v) is 13.0. The van der Waals surface area contributed by atoms with Crippen LogP contribution in [0.5, 0.6) is 0 Å². The molecule has 40 heavy (non-hydrogen) atoms. The van der Waals surface area contributed by atoms with Crippen molar-refractivity contribution < 1.29 is 19.1 Å². The summed E-state index contributed by atoms with van der Waals surface area (Å²) in [7, 11) is 0. The molecule has 0 saturated carbocycles. The predicted molar refractivity (Wildman–Crippen MR) is 171 cm³/mol. The van der Waals surface area contributed by atoms with E-state index in [0.29, 0.717) is 37.4 Å². The van der Waals surface area contributed by atoms with Crippen LogP contribution in [-0.4, -0.2) is 25.2 Å². The van der Waals surface area contributed by atoms with Gasteiger partial charge in [-0.1, -0.05) is 151 Å². The second-order valence-electron chi connectivity index (χ2n) is 13.0. The predicted octanol–water partition coefficient (Wildman–Crippen LogP) is 11.2. The number of unbranched alkanes of at least 4 members (excludes halogenated alkanes) is 17.